The number of allylic oxidation sites excluding steroid dienone is 1. The van der Waals surface area contributed by atoms with Crippen molar-refractivity contribution in [3.05, 3.63) is 99.2 Å². The molecule has 12 heteroatoms. The highest BCUT2D eigenvalue weighted by molar-refractivity contribution is 6.30. The number of nitriles is 1. The number of ether oxygens (including phenoxy) is 3. The summed E-state index contributed by atoms with van der Waals surface area (Å²) in [4.78, 5) is 12.1. The van der Waals surface area contributed by atoms with E-state index in [1.807, 2.05) is 6.07 Å². The zero-order valence-electron chi connectivity index (χ0n) is 17.8. The summed E-state index contributed by atoms with van der Waals surface area (Å²) >= 11 is 6.08. The predicted molar refractivity (Wildman–Crippen MR) is 115 cm³/mol. The summed E-state index contributed by atoms with van der Waals surface area (Å²) in [6, 6.07) is 12.8. The minimum Gasteiger partial charge on any atom is -0.476 e. The molecule has 0 saturated carbocycles. The number of benzene rings is 3. The molecule has 0 amide bonds. The lowest BCUT2D eigenvalue weighted by Crippen LogP contribution is -2.22. The van der Waals surface area contributed by atoms with Crippen molar-refractivity contribution in [3.63, 3.8) is 0 Å². The van der Waals surface area contributed by atoms with E-state index in [0.29, 0.717) is 16.1 Å². The lowest BCUT2D eigenvalue weighted by atomic mass is 9.83. The van der Waals surface area contributed by atoms with Crippen molar-refractivity contribution in [2.75, 3.05) is 6.61 Å². The molecule has 2 N–H and O–H groups in total. The Morgan fingerprint density at radius 2 is 1.69 bits per heavy atom. The van der Waals surface area contributed by atoms with Crippen molar-refractivity contribution in [3.8, 4) is 23.3 Å². The summed E-state index contributed by atoms with van der Waals surface area (Å²) in [6.45, 7) is -1.18. The molecule has 4 rings (SSSR count). The average molecular weight is 523 g/mol. The molecule has 36 heavy (non-hydrogen) atoms. The van der Waals surface area contributed by atoms with E-state index in [0.717, 1.165) is 0 Å². The highest BCUT2D eigenvalue weighted by Crippen LogP contribution is 2.43. The zero-order chi connectivity index (χ0) is 26.1. The van der Waals surface area contributed by atoms with Gasteiger partial charge in [-0.15, -0.1) is 0 Å². The molecule has 3 aromatic carbocycles. The summed E-state index contributed by atoms with van der Waals surface area (Å²) in [5.41, 5.74) is 7.19. The van der Waals surface area contributed by atoms with E-state index in [1.54, 1.807) is 24.3 Å². The van der Waals surface area contributed by atoms with Crippen LogP contribution >= 0.6 is 11.6 Å². The van der Waals surface area contributed by atoms with Crippen molar-refractivity contribution >= 4 is 17.6 Å². The molecule has 0 spiro atoms. The van der Waals surface area contributed by atoms with Crippen LogP contribution in [0.25, 0.3) is 0 Å². The van der Waals surface area contributed by atoms with Crippen LogP contribution in [-0.2, 0) is 4.79 Å². The summed E-state index contributed by atoms with van der Waals surface area (Å²) in [6.07, 6.45) is 0. The third kappa shape index (κ3) is 4.50. The van der Waals surface area contributed by atoms with Crippen LogP contribution in [0.3, 0.4) is 0 Å². The van der Waals surface area contributed by atoms with E-state index < -0.39 is 53.3 Å². The lowest BCUT2D eigenvalue weighted by Gasteiger charge is -2.26. The molecule has 3 aromatic rings. The Balaban J connectivity index is 1.56. The Bertz CT molecular complexity index is 1440. The normalized spacial score (nSPS) is 14.5. The first kappa shape index (κ1) is 24.8. The fourth-order valence-electron chi connectivity index (χ4n) is 3.53. The predicted octanol–water partition coefficient (Wildman–Crippen LogP) is 5.24. The summed E-state index contributed by atoms with van der Waals surface area (Å²) in [5.74, 6) is -14.9. The molecule has 0 fully saturated rings. The van der Waals surface area contributed by atoms with Crippen molar-refractivity contribution in [2.24, 2.45) is 5.73 Å². The topological polar surface area (TPSA) is 94.6 Å². The van der Waals surface area contributed by atoms with Crippen molar-refractivity contribution in [1.82, 2.24) is 0 Å². The number of fused-ring (bicyclic) bond motifs is 1. The summed E-state index contributed by atoms with van der Waals surface area (Å²) in [7, 11) is 0. The number of carbonyl (C=O) groups is 1. The van der Waals surface area contributed by atoms with Crippen molar-refractivity contribution in [1.29, 1.82) is 5.26 Å². The van der Waals surface area contributed by atoms with Gasteiger partial charge in [0.1, 0.15) is 23.1 Å². The number of rotatable bonds is 5. The third-order valence-corrected chi connectivity index (χ3v) is 5.34. The Kier molecular flexibility index (Phi) is 6.72. The van der Waals surface area contributed by atoms with Crippen LogP contribution in [-0.4, -0.2) is 12.6 Å². The number of nitrogens with zero attached hydrogens (tertiary/aromatic N) is 1. The third-order valence-electron chi connectivity index (χ3n) is 5.11. The van der Waals surface area contributed by atoms with Gasteiger partial charge in [-0.05, 0) is 23.8 Å². The van der Waals surface area contributed by atoms with Gasteiger partial charge in [-0.1, -0.05) is 29.8 Å². The van der Waals surface area contributed by atoms with Gasteiger partial charge in [-0.2, -0.15) is 14.0 Å². The van der Waals surface area contributed by atoms with Gasteiger partial charge in [-0.25, -0.2) is 18.0 Å². The maximum atomic E-state index is 13.7. The second kappa shape index (κ2) is 9.75. The second-order valence-corrected chi connectivity index (χ2v) is 7.78. The maximum Gasteiger partial charge on any atom is 0.349 e. The van der Waals surface area contributed by atoms with E-state index in [1.165, 1.54) is 18.2 Å². The Morgan fingerprint density at radius 1 is 1.03 bits per heavy atom. The summed E-state index contributed by atoms with van der Waals surface area (Å²) < 4.78 is 82.1. The molecule has 1 unspecified atom stereocenters. The molecular weight excluding hydrogens is 511 g/mol. The Hall–Kier alpha value is -4.30. The van der Waals surface area contributed by atoms with Crippen molar-refractivity contribution < 1.29 is 41.0 Å². The Labute approximate surface area is 204 Å². The van der Waals surface area contributed by atoms with Gasteiger partial charge < -0.3 is 19.9 Å². The number of carbonyl (C=O) groups excluding carboxylic acids is 1. The molecule has 0 aliphatic carbocycles. The minimum atomic E-state index is -2.36. The molecule has 0 saturated heterocycles. The van der Waals surface area contributed by atoms with Crippen LogP contribution in [0.15, 0.2) is 53.9 Å². The highest BCUT2D eigenvalue weighted by Gasteiger charge is 2.31. The molecule has 1 atom stereocenters. The van der Waals surface area contributed by atoms with Gasteiger partial charge in [0, 0.05) is 16.7 Å². The largest absolute Gasteiger partial charge is 0.476 e. The van der Waals surface area contributed by atoms with Gasteiger partial charge in [0.15, 0.2) is 12.4 Å². The SMILES string of the molecule is N#CC1=C(N)Oc2cc(OC(=O)COc3c(F)c(F)c(F)c(F)c3F)ccc2C1c1cccc(Cl)c1. The number of nitrogens with two attached hydrogens (primary N) is 1. The van der Waals surface area contributed by atoms with Gasteiger partial charge >= 0.3 is 5.97 Å². The zero-order valence-corrected chi connectivity index (χ0v) is 18.5. The van der Waals surface area contributed by atoms with Crippen LogP contribution in [0.1, 0.15) is 17.0 Å². The fraction of sp³-hybridized carbons (Fsp3) is 0.0833. The smallest absolute Gasteiger partial charge is 0.349 e. The Morgan fingerprint density at radius 3 is 2.33 bits per heavy atom. The standard InChI is InChI=1S/C24H12ClF5N2O4/c25-11-3-1-2-10(6-11)17-13-5-4-12(7-15(13)36-24(32)14(17)8-31)35-16(33)9-34-23-21(29)19(27)18(26)20(28)22(23)30/h1-7,17H,9,32H2. The minimum absolute atomic E-state index is 0.113. The van der Waals surface area contributed by atoms with Gasteiger partial charge in [0.05, 0.1) is 5.92 Å². The monoisotopic (exact) mass is 522 g/mol. The molecule has 0 aromatic heterocycles. The molecule has 0 bridgehead atoms. The van der Waals surface area contributed by atoms with Gasteiger partial charge in [0.25, 0.3) is 0 Å². The van der Waals surface area contributed by atoms with E-state index >= 15 is 0 Å². The van der Waals surface area contributed by atoms with Crippen LogP contribution < -0.4 is 19.9 Å². The van der Waals surface area contributed by atoms with Crippen LogP contribution in [0, 0.1) is 40.4 Å². The molecule has 184 valence electrons. The van der Waals surface area contributed by atoms with E-state index in [4.69, 9.17) is 26.8 Å². The van der Waals surface area contributed by atoms with Crippen LogP contribution in [0.4, 0.5) is 22.0 Å². The maximum absolute atomic E-state index is 13.7. The van der Waals surface area contributed by atoms with E-state index in [2.05, 4.69) is 4.74 Å². The van der Waals surface area contributed by atoms with Gasteiger partial charge in [-0.3, -0.25) is 0 Å². The molecule has 0 radical (unpaired) electrons. The van der Waals surface area contributed by atoms with E-state index in [-0.39, 0.29) is 23.0 Å². The molecule has 1 aliphatic heterocycles. The van der Waals surface area contributed by atoms with Crippen molar-refractivity contribution in [2.45, 2.75) is 5.92 Å². The summed E-state index contributed by atoms with van der Waals surface area (Å²) in [5, 5.41) is 10.0. The first-order valence-corrected chi connectivity index (χ1v) is 10.3. The molecule has 6 nitrogen and oxygen atoms in total. The lowest BCUT2D eigenvalue weighted by molar-refractivity contribution is -0.136. The first-order chi connectivity index (χ1) is 17.1. The quantitative estimate of drug-likeness (QED) is 0.162. The second-order valence-electron chi connectivity index (χ2n) is 7.34. The molecule has 1 aliphatic rings. The highest BCUT2D eigenvalue weighted by atomic mass is 35.5. The molecular formula is C24H12ClF5N2O4. The number of hydrogen-bond acceptors (Lipinski definition) is 6. The molecule has 1 heterocycles. The average Bonchev–Trinajstić information content (AvgIpc) is 2.85. The van der Waals surface area contributed by atoms with Crippen LogP contribution in [0.2, 0.25) is 5.02 Å². The number of hydrogen-bond donors (Lipinski definition) is 1. The van der Waals surface area contributed by atoms with E-state index in [9.17, 15) is 32.0 Å². The van der Waals surface area contributed by atoms with Gasteiger partial charge in [0.2, 0.25) is 35.0 Å². The number of esters is 1. The fourth-order valence-corrected chi connectivity index (χ4v) is 3.73. The van der Waals surface area contributed by atoms with Crippen LogP contribution in [0.5, 0.6) is 17.2 Å². The first-order valence-electron chi connectivity index (χ1n) is 9.94. The number of halogens is 6.